The Morgan fingerprint density at radius 1 is 0.259 bits per heavy atom. The molecule has 0 heterocycles. The molecule has 0 saturated carbocycles. The average molecular weight is 1130 g/mol. The van der Waals surface area contributed by atoms with Crippen LogP contribution < -0.4 is 0 Å². The van der Waals surface area contributed by atoms with Gasteiger partial charge in [-0.2, -0.15) is 0 Å². The lowest BCUT2D eigenvalue weighted by atomic mass is 10.0. The van der Waals surface area contributed by atoms with Crippen LogP contribution in [-0.2, 0) is 28.6 Å². The van der Waals surface area contributed by atoms with Crippen molar-refractivity contribution in [2.24, 2.45) is 0 Å². The number of allylic oxidation sites excluding steroid dienone is 16. The number of hydrogen-bond donors (Lipinski definition) is 0. The summed E-state index contributed by atoms with van der Waals surface area (Å²) in [6, 6.07) is 0. The minimum atomic E-state index is -0.789. The molecule has 0 fully saturated rings. The molecule has 0 saturated heterocycles. The lowest BCUT2D eigenvalue weighted by molar-refractivity contribution is -0.167. The lowest BCUT2D eigenvalue weighted by Crippen LogP contribution is -2.30. The van der Waals surface area contributed by atoms with Gasteiger partial charge in [-0.3, -0.25) is 14.4 Å². The highest BCUT2D eigenvalue weighted by molar-refractivity contribution is 5.71. The van der Waals surface area contributed by atoms with Crippen molar-refractivity contribution in [2.45, 2.75) is 348 Å². The highest BCUT2D eigenvalue weighted by Gasteiger charge is 2.19. The van der Waals surface area contributed by atoms with E-state index in [1.807, 2.05) is 0 Å². The van der Waals surface area contributed by atoms with Crippen molar-refractivity contribution >= 4 is 17.9 Å². The first kappa shape index (κ1) is 77.3. The first-order valence-electron chi connectivity index (χ1n) is 34.7. The molecule has 0 bridgehead atoms. The lowest BCUT2D eigenvalue weighted by Gasteiger charge is -2.18. The van der Waals surface area contributed by atoms with Gasteiger partial charge in [0.1, 0.15) is 13.2 Å². The van der Waals surface area contributed by atoms with Crippen molar-refractivity contribution < 1.29 is 28.6 Å². The van der Waals surface area contributed by atoms with Crippen LogP contribution in [0.1, 0.15) is 342 Å². The van der Waals surface area contributed by atoms with Gasteiger partial charge in [-0.05, 0) is 103 Å². The van der Waals surface area contributed by atoms with Gasteiger partial charge in [-0.25, -0.2) is 0 Å². The Morgan fingerprint density at radius 2 is 0.481 bits per heavy atom. The van der Waals surface area contributed by atoms with Crippen LogP contribution in [0.25, 0.3) is 0 Å². The summed E-state index contributed by atoms with van der Waals surface area (Å²) in [5, 5.41) is 0. The van der Waals surface area contributed by atoms with Crippen LogP contribution in [0.15, 0.2) is 97.2 Å². The van der Waals surface area contributed by atoms with Crippen LogP contribution in [0.4, 0.5) is 0 Å². The third-order valence-electron chi connectivity index (χ3n) is 15.1. The van der Waals surface area contributed by atoms with Crippen molar-refractivity contribution in [3.8, 4) is 0 Å². The predicted octanol–water partition coefficient (Wildman–Crippen LogP) is 24.0. The van der Waals surface area contributed by atoms with E-state index in [2.05, 4.69) is 118 Å². The zero-order valence-corrected chi connectivity index (χ0v) is 53.5. The van der Waals surface area contributed by atoms with Crippen molar-refractivity contribution in [1.29, 1.82) is 0 Å². The zero-order valence-electron chi connectivity index (χ0n) is 53.5. The van der Waals surface area contributed by atoms with Gasteiger partial charge in [0.2, 0.25) is 0 Å². The van der Waals surface area contributed by atoms with E-state index in [0.717, 1.165) is 122 Å². The molecule has 0 aromatic carbocycles. The Labute approximate surface area is 502 Å². The highest BCUT2D eigenvalue weighted by Crippen LogP contribution is 2.17. The molecule has 0 aliphatic carbocycles. The monoisotopic (exact) mass is 1130 g/mol. The van der Waals surface area contributed by atoms with E-state index in [0.29, 0.717) is 19.3 Å². The molecule has 1 unspecified atom stereocenters. The summed E-state index contributed by atoms with van der Waals surface area (Å²) in [4.78, 5) is 38.5. The second-order valence-corrected chi connectivity index (χ2v) is 23.1. The van der Waals surface area contributed by atoms with E-state index in [1.165, 1.54) is 180 Å². The molecule has 1 atom stereocenters. The fraction of sp³-hybridized carbons (Fsp3) is 0.747. The third kappa shape index (κ3) is 67.0. The van der Waals surface area contributed by atoms with Crippen LogP contribution in [0.5, 0.6) is 0 Å². The van der Waals surface area contributed by atoms with Gasteiger partial charge >= 0.3 is 17.9 Å². The van der Waals surface area contributed by atoms with Crippen LogP contribution in [0.2, 0.25) is 0 Å². The maximum Gasteiger partial charge on any atom is 0.306 e. The summed E-state index contributed by atoms with van der Waals surface area (Å²) < 4.78 is 17.0. The molecule has 6 heteroatoms. The number of carbonyl (C=O) groups excluding carboxylic acids is 3. The van der Waals surface area contributed by atoms with Crippen LogP contribution in [0.3, 0.4) is 0 Å². The van der Waals surface area contributed by atoms with E-state index in [1.54, 1.807) is 0 Å². The molecule has 0 aromatic heterocycles. The van der Waals surface area contributed by atoms with E-state index in [4.69, 9.17) is 14.2 Å². The SMILES string of the molecule is CC/C=C\C/C=C\C/C=C\C/C=C\C/C=C\CCCCCCCCCCCC(=O)OCC(COC(=O)CCCCCCCCCCCCCCCCCCCCC)OC(=O)CCCCCCCC/C=C\C/C=C\C/C=C\CCCCC. The average Bonchev–Trinajstić information content (AvgIpc) is 3.47. The molecule has 0 aromatic rings. The fourth-order valence-electron chi connectivity index (χ4n) is 9.89. The second-order valence-electron chi connectivity index (χ2n) is 23.1. The molecule has 0 radical (unpaired) electrons. The van der Waals surface area contributed by atoms with E-state index in [-0.39, 0.29) is 31.1 Å². The minimum Gasteiger partial charge on any atom is -0.462 e. The van der Waals surface area contributed by atoms with Gasteiger partial charge in [-0.1, -0.05) is 317 Å². The van der Waals surface area contributed by atoms with E-state index < -0.39 is 6.10 Å². The van der Waals surface area contributed by atoms with Crippen molar-refractivity contribution in [1.82, 2.24) is 0 Å². The quantitative estimate of drug-likeness (QED) is 0.0261. The van der Waals surface area contributed by atoms with Gasteiger partial charge < -0.3 is 14.2 Å². The standard InChI is InChI=1S/C75H130O6/c1-4-7-10-13-16-19-22-25-28-31-34-35-36-37-38-39-42-44-47-50-53-56-59-62-65-68-74(77)80-71-72(81-75(78)69-66-63-60-57-54-51-48-45-41-33-30-27-24-21-18-15-12-9-6-3)70-79-73(76)67-64-61-58-55-52-49-46-43-40-32-29-26-23-20-17-14-11-8-5-2/h7,10,16,18-19,21,25,27-28,30,34-35,37-38,41,45,72H,4-6,8-9,11-15,17,20,22-24,26,29,31-33,36,39-40,42-44,46-71H2,1-3H3/b10-7-,19-16-,21-18-,28-25-,30-27-,35-34-,38-37-,45-41-. The largest absolute Gasteiger partial charge is 0.462 e. The van der Waals surface area contributed by atoms with Gasteiger partial charge in [0.15, 0.2) is 6.10 Å². The third-order valence-corrected chi connectivity index (χ3v) is 15.1. The van der Waals surface area contributed by atoms with Crippen LogP contribution >= 0.6 is 0 Å². The van der Waals surface area contributed by atoms with Gasteiger partial charge in [0.05, 0.1) is 0 Å². The van der Waals surface area contributed by atoms with E-state index in [9.17, 15) is 14.4 Å². The molecule has 0 rings (SSSR count). The van der Waals surface area contributed by atoms with Gasteiger partial charge in [-0.15, -0.1) is 0 Å². The smallest absolute Gasteiger partial charge is 0.306 e. The molecule has 81 heavy (non-hydrogen) atoms. The van der Waals surface area contributed by atoms with Crippen LogP contribution in [-0.4, -0.2) is 37.2 Å². The molecule has 466 valence electrons. The normalized spacial score (nSPS) is 12.7. The Kier molecular flexibility index (Phi) is 65.7. The molecular weight excluding hydrogens is 997 g/mol. The maximum absolute atomic E-state index is 13.0. The van der Waals surface area contributed by atoms with Crippen LogP contribution in [0, 0.1) is 0 Å². The molecule has 0 aliphatic heterocycles. The Bertz CT molecular complexity index is 1580. The van der Waals surface area contributed by atoms with Crippen molar-refractivity contribution in [3.05, 3.63) is 97.2 Å². The highest BCUT2D eigenvalue weighted by atomic mass is 16.6. The molecule has 0 aliphatic rings. The number of carbonyl (C=O) groups is 3. The predicted molar refractivity (Wildman–Crippen MR) is 353 cm³/mol. The first-order valence-corrected chi connectivity index (χ1v) is 34.7. The summed E-state index contributed by atoms with van der Waals surface area (Å²) in [5.74, 6) is -0.884. The Morgan fingerprint density at radius 3 is 0.778 bits per heavy atom. The molecule has 0 N–H and O–H groups in total. The topological polar surface area (TPSA) is 78.9 Å². The number of rotatable bonds is 63. The number of hydrogen-bond acceptors (Lipinski definition) is 6. The minimum absolute atomic E-state index is 0.0817. The maximum atomic E-state index is 13.0. The van der Waals surface area contributed by atoms with Gasteiger partial charge in [0.25, 0.3) is 0 Å². The zero-order chi connectivity index (χ0) is 58.5. The van der Waals surface area contributed by atoms with Crippen molar-refractivity contribution in [2.75, 3.05) is 13.2 Å². The molecular formula is C75H130O6. The Balaban J connectivity index is 4.38. The summed E-state index contributed by atoms with van der Waals surface area (Å²) in [6.45, 7) is 6.53. The summed E-state index contributed by atoms with van der Waals surface area (Å²) in [7, 11) is 0. The molecule has 0 amide bonds. The molecule has 6 nitrogen and oxygen atoms in total. The summed E-state index contributed by atoms with van der Waals surface area (Å²) in [6.07, 6.45) is 92.7. The molecule has 0 spiro atoms. The Hall–Kier alpha value is -3.67. The van der Waals surface area contributed by atoms with Crippen molar-refractivity contribution in [3.63, 3.8) is 0 Å². The number of esters is 3. The fourth-order valence-corrected chi connectivity index (χ4v) is 9.89. The second kappa shape index (κ2) is 68.8. The number of ether oxygens (including phenoxy) is 3. The van der Waals surface area contributed by atoms with E-state index >= 15 is 0 Å². The first-order chi connectivity index (χ1) is 40.0. The summed E-state index contributed by atoms with van der Waals surface area (Å²) >= 11 is 0. The number of unbranched alkanes of at least 4 members (excludes halogenated alkanes) is 36. The van der Waals surface area contributed by atoms with Gasteiger partial charge in [0, 0.05) is 19.3 Å². The summed E-state index contributed by atoms with van der Waals surface area (Å²) in [5.41, 5.74) is 0.